The molecule has 3 saturated heterocycles. The van der Waals surface area contributed by atoms with Crippen LogP contribution in [0.25, 0.3) is 44.4 Å². The van der Waals surface area contributed by atoms with E-state index in [2.05, 4.69) is 81.1 Å². The van der Waals surface area contributed by atoms with Crippen molar-refractivity contribution < 1.29 is 28.7 Å². The second kappa shape index (κ2) is 17.4. The molecule has 6 heterocycles. The summed E-state index contributed by atoms with van der Waals surface area (Å²) in [5.74, 6) is 1.02. The number of likely N-dealkylation sites (tertiary alicyclic amines) is 2. The maximum atomic E-state index is 13.8. The number of alkyl carbamates (subject to hydrolysis) is 2. The zero-order valence-electron chi connectivity index (χ0n) is 37.7. The standard InChI is InChI=1S/C49H59N9O6/c1-26(2)42(54-48(61)63-6)46(59)57-20-8-10-38(57)44-50-24-34(52-44)31-15-13-28-22-30(14-12-29(28)23-31)32-16-17-33(41-37-19-18-36(40(32)41)56(37)5)35-25-51-45(53-35)39-11-9-21-58(39)47(60)43(27(3)4)55-49(62)64-7/h12-17,22-27,36-39,42-43H,8-11,18-21H2,1-7H3,(H,50,52)(H,51,53)(H,54,61)(H,55,62)/t36?,37?,38-,39-,42-,43-/m0/s1. The predicted octanol–water partition coefficient (Wildman–Crippen LogP) is 8.20. The molecule has 4 N–H and O–H groups in total. The number of imidazole rings is 2. The van der Waals surface area contributed by atoms with Gasteiger partial charge in [0.25, 0.3) is 0 Å². The monoisotopic (exact) mass is 869 g/mol. The Bertz CT molecular complexity index is 2600. The van der Waals surface area contributed by atoms with Crippen LogP contribution in [0.2, 0.25) is 0 Å². The minimum atomic E-state index is -0.692. The van der Waals surface area contributed by atoms with Gasteiger partial charge in [-0.15, -0.1) is 0 Å². The zero-order valence-corrected chi connectivity index (χ0v) is 37.7. The fraction of sp³-hybridized carbons (Fsp3) is 0.469. The highest BCUT2D eigenvalue weighted by Gasteiger charge is 2.45. The molecule has 0 aliphatic carbocycles. The first kappa shape index (κ1) is 43.1. The lowest BCUT2D eigenvalue weighted by molar-refractivity contribution is -0.136. The Hall–Kier alpha value is -6.22. The number of aromatic amines is 2. The number of benzene rings is 3. The number of carbonyl (C=O) groups is 4. The van der Waals surface area contributed by atoms with Crippen LogP contribution in [-0.2, 0) is 19.1 Å². The maximum Gasteiger partial charge on any atom is 0.407 e. The lowest BCUT2D eigenvalue weighted by Crippen LogP contribution is -2.51. The molecule has 2 bridgehead atoms. The smallest absolute Gasteiger partial charge is 0.407 e. The van der Waals surface area contributed by atoms with Crippen molar-refractivity contribution in [2.75, 3.05) is 34.4 Å². The van der Waals surface area contributed by atoms with E-state index in [1.54, 1.807) is 0 Å². The summed E-state index contributed by atoms with van der Waals surface area (Å²) in [6.45, 7) is 8.87. The van der Waals surface area contributed by atoms with Crippen LogP contribution in [-0.4, -0.2) is 105 Å². The number of fused-ring (bicyclic) bond motifs is 6. The lowest BCUT2D eigenvalue weighted by atomic mass is 9.82. The van der Waals surface area contributed by atoms with E-state index in [1.165, 1.54) is 36.5 Å². The second-order valence-corrected chi connectivity index (χ2v) is 18.5. The van der Waals surface area contributed by atoms with Crippen LogP contribution in [0.5, 0.6) is 0 Å². The van der Waals surface area contributed by atoms with Crippen molar-refractivity contribution in [2.45, 2.75) is 102 Å². The highest BCUT2D eigenvalue weighted by Crippen LogP contribution is 2.57. The van der Waals surface area contributed by atoms with E-state index in [-0.39, 0.29) is 35.7 Å². The molecular formula is C49H59N9O6. The first-order valence-electron chi connectivity index (χ1n) is 22.7. The van der Waals surface area contributed by atoms with Gasteiger partial charge in [0.1, 0.15) is 23.7 Å². The molecule has 4 aliphatic rings. The number of aromatic nitrogens is 4. The highest BCUT2D eigenvalue weighted by atomic mass is 16.5. The minimum absolute atomic E-state index is 0.107. The molecule has 2 unspecified atom stereocenters. The fourth-order valence-corrected chi connectivity index (χ4v) is 10.7. The Kier molecular flexibility index (Phi) is 11.7. The lowest BCUT2D eigenvalue weighted by Gasteiger charge is -2.30. The highest BCUT2D eigenvalue weighted by molar-refractivity contribution is 5.92. The van der Waals surface area contributed by atoms with Gasteiger partial charge in [-0.1, -0.05) is 64.1 Å². The summed E-state index contributed by atoms with van der Waals surface area (Å²) in [7, 11) is 4.84. The molecule has 15 heteroatoms. The van der Waals surface area contributed by atoms with Gasteiger partial charge in [-0.05, 0) is 103 Å². The average molecular weight is 870 g/mol. The molecule has 9 rings (SSSR count). The molecule has 0 spiro atoms. The number of hydrogen-bond donors (Lipinski definition) is 4. The van der Waals surface area contributed by atoms with E-state index in [0.717, 1.165) is 83.5 Å². The molecule has 3 fully saturated rings. The minimum Gasteiger partial charge on any atom is -0.453 e. The summed E-state index contributed by atoms with van der Waals surface area (Å²) in [5.41, 5.74) is 9.11. The van der Waals surface area contributed by atoms with Gasteiger partial charge in [-0.3, -0.25) is 14.5 Å². The van der Waals surface area contributed by atoms with E-state index in [0.29, 0.717) is 25.2 Å². The number of ether oxygens (including phenoxy) is 2. The van der Waals surface area contributed by atoms with Crippen LogP contribution in [0.1, 0.15) is 113 Å². The molecule has 5 aromatic rings. The number of rotatable bonds is 11. The Morgan fingerprint density at radius 3 is 1.62 bits per heavy atom. The maximum absolute atomic E-state index is 13.8. The van der Waals surface area contributed by atoms with Crippen LogP contribution in [0.15, 0.2) is 60.9 Å². The number of nitrogens with zero attached hydrogens (tertiary/aromatic N) is 5. The number of amides is 4. The van der Waals surface area contributed by atoms with Crippen LogP contribution in [0.4, 0.5) is 9.59 Å². The number of H-pyrrole nitrogens is 2. The van der Waals surface area contributed by atoms with E-state index < -0.39 is 24.3 Å². The zero-order chi connectivity index (χ0) is 45.0. The van der Waals surface area contributed by atoms with Gasteiger partial charge in [0.05, 0.1) is 50.1 Å². The molecule has 0 radical (unpaired) electrons. The number of nitrogens with one attached hydrogen (secondary N) is 4. The van der Waals surface area contributed by atoms with E-state index >= 15 is 0 Å². The van der Waals surface area contributed by atoms with Gasteiger partial charge in [-0.2, -0.15) is 0 Å². The second-order valence-electron chi connectivity index (χ2n) is 18.5. The third-order valence-corrected chi connectivity index (χ3v) is 14.1. The molecule has 4 aliphatic heterocycles. The molecular weight excluding hydrogens is 811 g/mol. The Morgan fingerprint density at radius 2 is 1.09 bits per heavy atom. The Labute approximate surface area is 373 Å². The van der Waals surface area contributed by atoms with Crippen molar-refractivity contribution in [1.29, 1.82) is 0 Å². The van der Waals surface area contributed by atoms with Crippen molar-refractivity contribution >= 4 is 34.8 Å². The first-order valence-corrected chi connectivity index (χ1v) is 22.7. The molecule has 6 atom stereocenters. The van der Waals surface area contributed by atoms with Crippen LogP contribution in [0, 0.1) is 11.8 Å². The average Bonchev–Trinajstić information content (AvgIpc) is 4.17. The summed E-state index contributed by atoms with van der Waals surface area (Å²) in [5, 5.41) is 7.71. The van der Waals surface area contributed by atoms with Gasteiger partial charge in [0.15, 0.2) is 0 Å². The van der Waals surface area contributed by atoms with E-state index in [1.807, 2.05) is 49.9 Å². The third-order valence-electron chi connectivity index (χ3n) is 14.1. The molecule has 3 aromatic carbocycles. The van der Waals surface area contributed by atoms with Gasteiger partial charge in [0, 0.05) is 36.3 Å². The number of methoxy groups -OCH3 is 2. The molecule has 0 saturated carbocycles. The van der Waals surface area contributed by atoms with Crippen molar-refractivity contribution in [1.82, 2.24) is 45.3 Å². The predicted molar refractivity (Wildman–Crippen MR) is 243 cm³/mol. The van der Waals surface area contributed by atoms with Crippen LogP contribution < -0.4 is 10.6 Å². The number of carbonyl (C=O) groups excluding carboxylic acids is 4. The summed E-state index contributed by atoms with van der Waals surface area (Å²) < 4.78 is 9.62. The summed E-state index contributed by atoms with van der Waals surface area (Å²) in [4.78, 5) is 74.7. The summed E-state index contributed by atoms with van der Waals surface area (Å²) in [6, 6.07) is 16.5. The summed E-state index contributed by atoms with van der Waals surface area (Å²) >= 11 is 0. The van der Waals surface area contributed by atoms with E-state index in [4.69, 9.17) is 19.4 Å². The van der Waals surface area contributed by atoms with Crippen LogP contribution >= 0.6 is 0 Å². The normalized spacial score (nSPS) is 21.5. The molecule has 64 heavy (non-hydrogen) atoms. The first-order chi connectivity index (χ1) is 30.9. The largest absolute Gasteiger partial charge is 0.453 e. The molecule has 15 nitrogen and oxygen atoms in total. The van der Waals surface area contributed by atoms with Gasteiger partial charge < -0.3 is 39.9 Å². The Balaban J connectivity index is 0.964. The summed E-state index contributed by atoms with van der Waals surface area (Å²) in [6.07, 6.45) is 8.00. The van der Waals surface area contributed by atoms with Gasteiger partial charge in [-0.25, -0.2) is 19.6 Å². The number of hydrogen-bond acceptors (Lipinski definition) is 9. The van der Waals surface area contributed by atoms with Crippen LogP contribution in [0.3, 0.4) is 0 Å². The van der Waals surface area contributed by atoms with Gasteiger partial charge >= 0.3 is 12.2 Å². The molecule has 2 aromatic heterocycles. The van der Waals surface area contributed by atoms with Crippen molar-refractivity contribution in [3.63, 3.8) is 0 Å². The molecule has 336 valence electrons. The van der Waals surface area contributed by atoms with Gasteiger partial charge in [0.2, 0.25) is 11.8 Å². The van der Waals surface area contributed by atoms with E-state index in [9.17, 15) is 19.2 Å². The van der Waals surface area contributed by atoms with Crippen molar-refractivity contribution in [3.05, 3.63) is 83.7 Å². The quantitative estimate of drug-likeness (QED) is 0.102. The molecule has 4 amide bonds. The third kappa shape index (κ3) is 7.66. The Morgan fingerprint density at radius 1 is 0.625 bits per heavy atom. The SMILES string of the molecule is COC(=O)N[C@H](C(=O)N1CCC[C@H]1c1ncc(-c2ccc3cc(-c4ccc(-c5cnc([C@@H]6CCCN6C(=O)[C@@H](NC(=O)OC)C(C)C)[nH]5)c5c4C4CCC5N4C)ccc3c2)[nH]1)C(C)C. The van der Waals surface area contributed by atoms with Crippen molar-refractivity contribution in [2.24, 2.45) is 11.8 Å². The van der Waals surface area contributed by atoms with Crippen molar-refractivity contribution in [3.8, 4) is 33.6 Å². The topological polar surface area (TPSA) is 178 Å². The fourth-order valence-electron chi connectivity index (χ4n) is 10.7.